The van der Waals surface area contributed by atoms with E-state index >= 15 is 0 Å². The molecule has 1 saturated heterocycles. The van der Waals surface area contributed by atoms with Gasteiger partial charge in [-0.2, -0.15) is 5.10 Å². The predicted molar refractivity (Wildman–Crippen MR) is 133 cm³/mol. The molecule has 0 aliphatic carbocycles. The van der Waals surface area contributed by atoms with Crippen LogP contribution in [-0.4, -0.2) is 52.3 Å². The smallest absolute Gasteiger partial charge is 0.154 e. The maximum Gasteiger partial charge on any atom is 0.154 e. The van der Waals surface area contributed by atoms with Crippen LogP contribution in [0.5, 0.6) is 5.75 Å². The van der Waals surface area contributed by atoms with E-state index in [0.717, 1.165) is 80.5 Å². The molecule has 0 radical (unpaired) electrons. The van der Waals surface area contributed by atoms with Crippen LogP contribution in [0.2, 0.25) is 0 Å². The molecule has 4 aromatic rings. The van der Waals surface area contributed by atoms with Crippen LogP contribution in [0.25, 0.3) is 16.8 Å². The first-order valence-electron chi connectivity index (χ1n) is 11.9. The van der Waals surface area contributed by atoms with Gasteiger partial charge in [0.15, 0.2) is 5.82 Å². The number of ether oxygens (including phenoxy) is 1. The molecule has 5 rings (SSSR count). The Balaban J connectivity index is 1.28. The summed E-state index contributed by atoms with van der Waals surface area (Å²) in [6.45, 7) is 7.91. The fourth-order valence-electron chi connectivity index (χ4n) is 4.31. The SMILES string of the molecule is CCCCOc1ccc(-c2cc3c(N4CCN(Cc5ccccc5)CC4)nccn3n2)cc1. The van der Waals surface area contributed by atoms with Gasteiger partial charge in [0.05, 0.1) is 12.3 Å². The van der Waals surface area contributed by atoms with Crippen LogP contribution in [0, 0.1) is 0 Å². The summed E-state index contributed by atoms with van der Waals surface area (Å²) in [6.07, 6.45) is 5.98. The average molecular weight is 442 g/mol. The lowest BCUT2D eigenvalue weighted by Gasteiger charge is -2.35. The van der Waals surface area contributed by atoms with Crippen molar-refractivity contribution < 1.29 is 4.74 Å². The molecule has 170 valence electrons. The van der Waals surface area contributed by atoms with Gasteiger partial charge in [0.25, 0.3) is 0 Å². The topological polar surface area (TPSA) is 45.9 Å². The molecule has 33 heavy (non-hydrogen) atoms. The molecule has 2 aromatic carbocycles. The number of benzene rings is 2. The predicted octanol–water partition coefficient (Wildman–Crippen LogP) is 4.90. The third-order valence-electron chi connectivity index (χ3n) is 6.21. The van der Waals surface area contributed by atoms with Gasteiger partial charge in [-0.25, -0.2) is 9.50 Å². The van der Waals surface area contributed by atoms with E-state index in [0.29, 0.717) is 0 Å². The molecule has 2 aromatic heterocycles. The molecule has 0 saturated carbocycles. The van der Waals surface area contributed by atoms with E-state index < -0.39 is 0 Å². The van der Waals surface area contributed by atoms with E-state index in [4.69, 9.17) is 14.8 Å². The van der Waals surface area contributed by atoms with Crippen molar-refractivity contribution in [1.82, 2.24) is 19.5 Å². The van der Waals surface area contributed by atoms with Crippen molar-refractivity contribution in [3.05, 3.63) is 78.6 Å². The number of hydrogen-bond donors (Lipinski definition) is 0. The van der Waals surface area contributed by atoms with E-state index in [9.17, 15) is 0 Å². The van der Waals surface area contributed by atoms with Crippen LogP contribution in [0.4, 0.5) is 5.82 Å². The monoisotopic (exact) mass is 441 g/mol. The molecule has 1 fully saturated rings. The summed E-state index contributed by atoms with van der Waals surface area (Å²) in [5.41, 5.74) is 4.45. The Labute approximate surface area is 195 Å². The van der Waals surface area contributed by atoms with Crippen molar-refractivity contribution in [2.24, 2.45) is 0 Å². The first kappa shape index (κ1) is 21.5. The number of nitrogens with zero attached hydrogens (tertiary/aromatic N) is 5. The first-order chi connectivity index (χ1) is 16.3. The highest BCUT2D eigenvalue weighted by molar-refractivity contribution is 5.75. The minimum Gasteiger partial charge on any atom is -0.494 e. The summed E-state index contributed by atoms with van der Waals surface area (Å²) >= 11 is 0. The third kappa shape index (κ3) is 5.01. The summed E-state index contributed by atoms with van der Waals surface area (Å²) in [5, 5.41) is 4.81. The fourth-order valence-corrected chi connectivity index (χ4v) is 4.31. The number of piperazine rings is 1. The lowest BCUT2D eigenvalue weighted by Crippen LogP contribution is -2.46. The molecule has 0 unspecified atom stereocenters. The van der Waals surface area contributed by atoms with Crippen molar-refractivity contribution in [2.75, 3.05) is 37.7 Å². The van der Waals surface area contributed by atoms with Crippen LogP contribution in [0.3, 0.4) is 0 Å². The second-order valence-corrected chi connectivity index (χ2v) is 8.59. The maximum atomic E-state index is 5.79. The van der Waals surface area contributed by atoms with Gasteiger partial charge in [-0.1, -0.05) is 43.7 Å². The summed E-state index contributed by atoms with van der Waals surface area (Å²) < 4.78 is 7.74. The van der Waals surface area contributed by atoms with E-state index in [-0.39, 0.29) is 0 Å². The molecule has 1 aliphatic rings. The highest BCUT2D eigenvalue weighted by atomic mass is 16.5. The van der Waals surface area contributed by atoms with Gasteiger partial charge in [0.1, 0.15) is 11.3 Å². The highest BCUT2D eigenvalue weighted by Gasteiger charge is 2.21. The van der Waals surface area contributed by atoms with E-state index in [2.05, 4.69) is 65.3 Å². The molecular weight excluding hydrogens is 410 g/mol. The van der Waals surface area contributed by atoms with Crippen molar-refractivity contribution in [3.8, 4) is 17.0 Å². The summed E-state index contributed by atoms with van der Waals surface area (Å²) in [7, 11) is 0. The molecule has 6 nitrogen and oxygen atoms in total. The number of unbranched alkanes of at least 4 members (excludes halogenated alkanes) is 1. The van der Waals surface area contributed by atoms with Gasteiger partial charge < -0.3 is 9.64 Å². The molecule has 0 bridgehead atoms. The second-order valence-electron chi connectivity index (χ2n) is 8.59. The molecule has 0 atom stereocenters. The lowest BCUT2D eigenvalue weighted by molar-refractivity contribution is 0.249. The summed E-state index contributed by atoms with van der Waals surface area (Å²) in [6, 6.07) is 21.1. The van der Waals surface area contributed by atoms with Gasteiger partial charge in [-0.15, -0.1) is 0 Å². The van der Waals surface area contributed by atoms with Crippen LogP contribution in [0.1, 0.15) is 25.3 Å². The minimum absolute atomic E-state index is 0.762. The number of aromatic nitrogens is 3. The van der Waals surface area contributed by atoms with Crippen molar-refractivity contribution in [1.29, 1.82) is 0 Å². The zero-order chi connectivity index (χ0) is 22.5. The van der Waals surface area contributed by atoms with Gasteiger partial charge in [0.2, 0.25) is 0 Å². The van der Waals surface area contributed by atoms with Crippen molar-refractivity contribution >= 4 is 11.3 Å². The zero-order valence-electron chi connectivity index (χ0n) is 19.2. The summed E-state index contributed by atoms with van der Waals surface area (Å²) in [5.74, 6) is 1.92. The van der Waals surface area contributed by atoms with Crippen LogP contribution in [-0.2, 0) is 6.54 Å². The van der Waals surface area contributed by atoms with Crippen molar-refractivity contribution in [3.63, 3.8) is 0 Å². The molecular formula is C27H31N5O. The number of rotatable bonds is 8. The van der Waals surface area contributed by atoms with Crippen LogP contribution >= 0.6 is 0 Å². The Morgan fingerprint density at radius 3 is 2.48 bits per heavy atom. The Hall–Kier alpha value is -3.38. The normalized spacial score (nSPS) is 14.6. The molecule has 6 heteroatoms. The van der Waals surface area contributed by atoms with Crippen LogP contribution in [0.15, 0.2) is 73.1 Å². The molecule has 0 N–H and O–H groups in total. The van der Waals surface area contributed by atoms with E-state index in [1.807, 2.05) is 29.0 Å². The molecule has 0 amide bonds. The Kier molecular flexibility index (Phi) is 6.53. The summed E-state index contributed by atoms with van der Waals surface area (Å²) in [4.78, 5) is 9.62. The number of fused-ring (bicyclic) bond motifs is 1. The lowest BCUT2D eigenvalue weighted by atomic mass is 10.1. The minimum atomic E-state index is 0.762. The van der Waals surface area contributed by atoms with E-state index in [1.54, 1.807) is 0 Å². The average Bonchev–Trinajstić information content (AvgIpc) is 3.30. The Morgan fingerprint density at radius 2 is 1.73 bits per heavy atom. The fraction of sp³-hybridized carbons (Fsp3) is 0.333. The molecule has 1 aliphatic heterocycles. The largest absolute Gasteiger partial charge is 0.494 e. The Morgan fingerprint density at radius 1 is 0.939 bits per heavy atom. The maximum absolute atomic E-state index is 5.79. The standard InChI is InChI=1S/C27H31N5O/c1-2-3-19-33-24-11-9-23(10-12-24)25-20-26-27(28-13-14-32(26)29-25)31-17-15-30(16-18-31)21-22-7-5-4-6-8-22/h4-14,20H,2-3,15-19,21H2,1H3. The third-order valence-corrected chi connectivity index (χ3v) is 6.21. The van der Waals surface area contributed by atoms with Gasteiger partial charge in [0, 0.05) is 50.7 Å². The highest BCUT2D eigenvalue weighted by Crippen LogP contribution is 2.27. The van der Waals surface area contributed by atoms with E-state index in [1.165, 1.54) is 5.56 Å². The van der Waals surface area contributed by atoms with Gasteiger partial charge >= 0.3 is 0 Å². The number of hydrogen-bond acceptors (Lipinski definition) is 5. The van der Waals surface area contributed by atoms with Crippen LogP contribution < -0.4 is 9.64 Å². The molecule has 3 heterocycles. The second kappa shape index (κ2) is 10.0. The van der Waals surface area contributed by atoms with Crippen molar-refractivity contribution in [2.45, 2.75) is 26.3 Å². The zero-order valence-corrected chi connectivity index (χ0v) is 19.2. The first-order valence-corrected chi connectivity index (χ1v) is 11.9. The quantitative estimate of drug-likeness (QED) is 0.364. The van der Waals surface area contributed by atoms with Gasteiger partial charge in [-0.3, -0.25) is 4.90 Å². The molecule has 0 spiro atoms. The number of anilines is 1. The van der Waals surface area contributed by atoms with Gasteiger partial charge in [-0.05, 0) is 42.3 Å². The Bertz CT molecular complexity index is 1160.